The van der Waals surface area contributed by atoms with Crippen LogP contribution in [0.3, 0.4) is 0 Å². The molecule has 4 aromatic carbocycles. The van der Waals surface area contributed by atoms with Crippen LogP contribution < -0.4 is 70.4 Å². The Labute approximate surface area is 628 Å². The van der Waals surface area contributed by atoms with Crippen molar-refractivity contribution in [1.82, 2.24) is 73.1 Å². The smallest absolute Gasteiger partial charge is 0.246 e. The van der Waals surface area contributed by atoms with Crippen LogP contribution in [0.2, 0.25) is 0 Å². The lowest BCUT2D eigenvalue weighted by Gasteiger charge is -2.42. The highest BCUT2D eigenvalue weighted by molar-refractivity contribution is 6.01. The van der Waals surface area contributed by atoms with Crippen molar-refractivity contribution in [3.05, 3.63) is 149 Å². The average Bonchev–Trinajstić information content (AvgIpc) is 1.78. The van der Waals surface area contributed by atoms with Crippen molar-refractivity contribution < 1.29 is 87.5 Å². The van der Waals surface area contributed by atoms with Crippen LogP contribution >= 0.6 is 0 Å². The minimum Gasteiger partial charge on any atom is -0.508 e. The Morgan fingerprint density at radius 2 is 0.982 bits per heavy atom. The van der Waals surface area contributed by atoms with Crippen LogP contribution in [0.4, 0.5) is 0 Å². The minimum absolute atomic E-state index is 0.0192. The number of nitrogens with two attached hydrogens (primary N) is 3. The summed E-state index contributed by atoms with van der Waals surface area (Å²) in [5.74, 6) is -13.2. The third-order valence-corrected chi connectivity index (χ3v) is 18.7. The third kappa shape index (κ3) is 24.4. The lowest BCUT2D eigenvalue weighted by molar-refractivity contribution is -0.219. The van der Waals surface area contributed by atoms with Crippen LogP contribution in [0.1, 0.15) is 106 Å². The number of aromatic nitrogens is 3. The molecule has 1 aromatic heterocycles. The van der Waals surface area contributed by atoms with Gasteiger partial charge in [0.25, 0.3) is 0 Å². The number of ether oxygens (including phenoxy) is 1. The van der Waals surface area contributed by atoms with Crippen molar-refractivity contribution >= 4 is 76.8 Å². The molecule has 0 radical (unpaired) electrons. The number of hydrogen-bond acceptors (Lipinski definition) is 21. The van der Waals surface area contributed by atoms with Crippen LogP contribution in [0.15, 0.2) is 121 Å². The maximum absolute atomic E-state index is 15.3. The first-order chi connectivity index (χ1) is 52.1. The van der Waals surface area contributed by atoms with Crippen LogP contribution in [-0.2, 0) is 99.2 Å². The zero-order valence-corrected chi connectivity index (χ0v) is 60.6. The first kappa shape index (κ1) is 83.4. The number of nitrogens with one attached hydrogen (secondary N) is 10. The standard InChI is InChI=1S/C74H97N17O18/c1-40(2)31-50-66(101)87-56(35-44-19-11-6-12-20-44)73(108)90-30-14-22-57(90)72(107)86-53(33-43-17-9-5-10-18-43)69(104)83-51(32-42-15-7-4-8-16-42)68(103)85-55(37-60(77)96)71(106)80-49(27-28-59(76)95)65(100)82-52(34-45-23-25-47(94)26-24-45)67(102)84-54(70(105)79-48(21-13-29-75)64(99)81-50)36-46-38-91(89-88-46)74-61(78-41(3)93)63(98)62(97)58(39-92)109-74/h4-12,15-20,23-26,38,40,48-58,61-63,74,92,94,97-98H,13-14,21-22,27-37,39,75H2,1-3H3,(H2,76,95)(H2,77,96)(H,78,93)(H,79,105)(H,80,106)(H,81,99)(H,82,100)(H,83,104)(H,84,102)(H,85,103)(H,86,107)(H,87,101)/t48-,49-,50-,51+,52-,53-,54-,55-,56+,57-,58+,61+,62+,63+,74+/m0/s1. The van der Waals surface area contributed by atoms with E-state index in [0.717, 1.165) is 11.6 Å². The largest absolute Gasteiger partial charge is 0.508 e. The number of amides is 13. The van der Waals surface area contributed by atoms with E-state index >= 15 is 28.8 Å². The van der Waals surface area contributed by atoms with Gasteiger partial charge in [-0.15, -0.1) is 5.10 Å². The highest BCUT2D eigenvalue weighted by Gasteiger charge is 2.47. The quantitative estimate of drug-likeness (QED) is 0.0296. The molecular formula is C74H97N17O18. The third-order valence-electron chi connectivity index (χ3n) is 18.7. The lowest BCUT2D eigenvalue weighted by atomic mass is 9.96. The Balaban J connectivity index is 1.24. The molecule has 5 aromatic rings. The fourth-order valence-corrected chi connectivity index (χ4v) is 13.1. The van der Waals surface area contributed by atoms with Gasteiger partial charge in [-0.05, 0) is 85.4 Å². The fraction of sp³-hybridized carbons (Fsp3) is 0.473. The number of phenols is 1. The topological polar surface area (TPSA) is 544 Å². The zero-order valence-electron chi connectivity index (χ0n) is 60.6. The van der Waals surface area contributed by atoms with E-state index in [2.05, 4.69) is 63.5 Å². The maximum Gasteiger partial charge on any atom is 0.246 e. The molecule has 586 valence electrons. The molecule has 0 bridgehead atoms. The molecule has 3 fully saturated rings. The number of fused-ring (bicyclic) bond motifs is 1. The Morgan fingerprint density at radius 1 is 0.550 bits per heavy atom. The van der Waals surface area contributed by atoms with E-state index in [1.165, 1.54) is 35.4 Å². The van der Waals surface area contributed by atoms with Gasteiger partial charge in [0.05, 0.1) is 24.9 Å². The molecular weight excluding hydrogens is 1410 g/mol. The number of carbonyl (C=O) groups is 13. The molecule has 0 spiro atoms. The number of phenolic OH excluding ortho intramolecular Hbond substituents is 1. The molecule has 0 saturated carbocycles. The van der Waals surface area contributed by atoms with Crippen molar-refractivity contribution in [3.8, 4) is 5.75 Å². The molecule has 0 unspecified atom stereocenters. The summed E-state index contributed by atoms with van der Waals surface area (Å²) in [6.07, 6.45) is -8.69. The van der Waals surface area contributed by atoms with E-state index in [1.807, 2.05) is 0 Å². The number of benzene rings is 4. The van der Waals surface area contributed by atoms with E-state index < -0.39 is 207 Å². The molecule has 3 aliphatic heterocycles. The monoisotopic (exact) mass is 1510 g/mol. The summed E-state index contributed by atoms with van der Waals surface area (Å²) in [6.45, 7) is 3.85. The van der Waals surface area contributed by atoms with E-state index in [-0.39, 0.29) is 81.0 Å². The molecule has 20 N–H and O–H groups in total. The Kier molecular flexibility index (Phi) is 30.7. The number of aromatic hydroxyl groups is 1. The Bertz CT molecular complexity index is 3990. The SMILES string of the molecule is CC(=O)N[C@@H]1[C@@H](O)[C@H](O)[C@@H](CO)O[C@H]1n1cc(C[C@@H]2NC(=O)[C@H](Cc3ccc(O)cc3)NC(=O)[C@H](CCC(N)=O)NC(=O)[C@H](CC(N)=O)NC(=O)[C@@H](Cc3ccccc3)NC(=O)[C@H](Cc3ccccc3)NC(=O)[C@@H]3CCCN3C(=O)[C@@H](Cc3ccccc3)NC(=O)[C@H](CC(C)C)NC(=O)[C@H](CCCN)NC2=O)nn1. The van der Waals surface area contributed by atoms with Gasteiger partial charge < -0.3 is 100 Å². The predicted octanol–water partition coefficient (Wildman–Crippen LogP) is -4.09. The summed E-state index contributed by atoms with van der Waals surface area (Å²) in [6, 6.07) is 13.3. The number of primary amides is 2. The maximum atomic E-state index is 15.3. The summed E-state index contributed by atoms with van der Waals surface area (Å²) in [5.41, 5.74) is 19.1. The van der Waals surface area contributed by atoms with Gasteiger partial charge in [0.1, 0.15) is 90.5 Å². The second-order valence-electron chi connectivity index (χ2n) is 27.8. The number of nitrogens with zero attached hydrogens (tertiary/aromatic N) is 4. The highest BCUT2D eigenvalue weighted by atomic mass is 16.5. The first-order valence-corrected chi connectivity index (χ1v) is 36.1. The molecule has 3 saturated heterocycles. The summed E-state index contributed by atoms with van der Waals surface area (Å²) in [4.78, 5) is 190. The second-order valence-corrected chi connectivity index (χ2v) is 27.8. The van der Waals surface area contributed by atoms with E-state index in [1.54, 1.807) is 105 Å². The fourth-order valence-electron chi connectivity index (χ4n) is 13.1. The van der Waals surface area contributed by atoms with Crippen molar-refractivity contribution in [2.24, 2.45) is 23.1 Å². The number of hydrogen-bond donors (Lipinski definition) is 17. The molecule has 109 heavy (non-hydrogen) atoms. The molecule has 35 nitrogen and oxygen atoms in total. The Hall–Kier alpha value is -11.3. The van der Waals surface area contributed by atoms with Gasteiger partial charge in [0.2, 0.25) is 76.8 Å². The molecule has 0 aliphatic carbocycles. The van der Waals surface area contributed by atoms with Crippen LogP contribution in [0.25, 0.3) is 0 Å². The van der Waals surface area contributed by atoms with Crippen molar-refractivity contribution in [2.45, 2.75) is 195 Å². The predicted molar refractivity (Wildman–Crippen MR) is 389 cm³/mol. The molecule has 35 heteroatoms. The van der Waals surface area contributed by atoms with Gasteiger partial charge in [-0.3, -0.25) is 62.3 Å². The van der Waals surface area contributed by atoms with Crippen molar-refractivity contribution in [1.29, 1.82) is 0 Å². The average molecular weight is 1510 g/mol. The summed E-state index contributed by atoms with van der Waals surface area (Å²) in [5, 5.41) is 77.2. The van der Waals surface area contributed by atoms with Crippen LogP contribution in [0.5, 0.6) is 5.75 Å². The Morgan fingerprint density at radius 3 is 1.47 bits per heavy atom. The van der Waals surface area contributed by atoms with Gasteiger partial charge in [-0.2, -0.15) is 0 Å². The normalized spacial score (nSPS) is 26.2. The van der Waals surface area contributed by atoms with Gasteiger partial charge in [0, 0.05) is 52.0 Å². The number of carbonyl (C=O) groups excluding carboxylic acids is 13. The molecule has 15 atom stereocenters. The molecule has 3 aliphatic rings. The summed E-state index contributed by atoms with van der Waals surface area (Å²) < 4.78 is 6.92. The molecule has 13 amide bonds. The van der Waals surface area contributed by atoms with Gasteiger partial charge in [-0.25, -0.2) is 4.68 Å². The zero-order chi connectivity index (χ0) is 79.0. The van der Waals surface area contributed by atoms with E-state index in [0.29, 0.717) is 23.1 Å². The van der Waals surface area contributed by atoms with Crippen LogP contribution in [0, 0.1) is 5.92 Å². The summed E-state index contributed by atoms with van der Waals surface area (Å²) in [7, 11) is 0. The number of aliphatic hydroxyl groups is 3. The molecule has 8 rings (SSSR count). The number of aliphatic hydroxyl groups excluding tert-OH is 3. The van der Waals surface area contributed by atoms with E-state index in [4.69, 9.17) is 21.9 Å². The van der Waals surface area contributed by atoms with Crippen molar-refractivity contribution in [3.63, 3.8) is 0 Å². The van der Waals surface area contributed by atoms with Gasteiger partial charge >= 0.3 is 0 Å². The van der Waals surface area contributed by atoms with Gasteiger partial charge in [0.15, 0.2) is 6.23 Å². The van der Waals surface area contributed by atoms with Crippen molar-refractivity contribution in [2.75, 3.05) is 19.7 Å². The number of rotatable bonds is 23. The minimum atomic E-state index is -1.94. The summed E-state index contributed by atoms with van der Waals surface area (Å²) >= 11 is 0. The lowest BCUT2D eigenvalue weighted by Crippen LogP contribution is -2.62. The molecule has 4 heterocycles. The highest BCUT2D eigenvalue weighted by Crippen LogP contribution is 2.29. The van der Waals surface area contributed by atoms with Gasteiger partial charge in [-0.1, -0.05) is 122 Å². The first-order valence-electron chi connectivity index (χ1n) is 36.1. The van der Waals surface area contributed by atoms with E-state index in [9.17, 15) is 54.0 Å². The van der Waals surface area contributed by atoms with Crippen LogP contribution in [-0.4, -0.2) is 222 Å². The second kappa shape index (κ2) is 40.1.